The van der Waals surface area contributed by atoms with Gasteiger partial charge in [0.2, 0.25) is 0 Å². The number of aryl methyl sites for hydroxylation is 4. The number of rotatable bonds is 3. The van der Waals surface area contributed by atoms with Gasteiger partial charge in [-0.2, -0.15) is 5.26 Å². The van der Waals surface area contributed by atoms with Crippen LogP contribution in [0.4, 0.5) is 0 Å². The Morgan fingerprint density at radius 1 is 0.829 bits per heavy atom. The standard InChI is InChI=1S/C28H23N5O2/c1-16-9-20(10-17(2)30-16)25-11-22-24(15-33(4)28(35)27(22)31-25)21-12-26(34)32(3)14-23(21)19-7-5-18(13-29)6-8-19/h5-12,14-15,31H,1-4H3. The van der Waals surface area contributed by atoms with Crippen molar-refractivity contribution in [3.8, 4) is 39.6 Å². The van der Waals surface area contributed by atoms with Crippen LogP contribution in [0.2, 0.25) is 0 Å². The van der Waals surface area contributed by atoms with E-state index in [1.54, 1.807) is 44.7 Å². The molecule has 7 nitrogen and oxygen atoms in total. The summed E-state index contributed by atoms with van der Waals surface area (Å²) >= 11 is 0. The molecular weight excluding hydrogens is 438 g/mol. The molecule has 4 heterocycles. The third-order valence-electron chi connectivity index (χ3n) is 6.20. The highest BCUT2D eigenvalue weighted by molar-refractivity contribution is 6.00. The second-order valence-corrected chi connectivity index (χ2v) is 8.81. The van der Waals surface area contributed by atoms with Gasteiger partial charge in [0.1, 0.15) is 5.52 Å². The zero-order valence-electron chi connectivity index (χ0n) is 19.9. The summed E-state index contributed by atoms with van der Waals surface area (Å²) in [6, 6.07) is 16.9. The number of pyridine rings is 3. The fourth-order valence-corrected chi connectivity index (χ4v) is 4.50. The van der Waals surface area contributed by atoms with Gasteiger partial charge in [-0.1, -0.05) is 12.1 Å². The molecule has 0 amide bonds. The average molecular weight is 462 g/mol. The number of nitrogens with zero attached hydrogens (tertiary/aromatic N) is 4. The SMILES string of the molecule is Cc1cc(-c2cc3c(-c4cc(=O)n(C)cc4-c4ccc(C#N)cc4)cn(C)c(=O)c3[nH]2)cc(C)n1. The van der Waals surface area contributed by atoms with Crippen molar-refractivity contribution in [1.29, 1.82) is 5.26 Å². The van der Waals surface area contributed by atoms with Gasteiger partial charge in [-0.15, -0.1) is 0 Å². The van der Waals surface area contributed by atoms with Crippen molar-refractivity contribution < 1.29 is 0 Å². The summed E-state index contributed by atoms with van der Waals surface area (Å²) < 4.78 is 3.06. The van der Waals surface area contributed by atoms with Crippen molar-refractivity contribution >= 4 is 10.9 Å². The molecule has 35 heavy (non-hydrogen) atoms. The highest BCUT2D eigenvalue weighted by atomic mass is 16.1. The molecule has 0 fully saturated rings. The summed E-state index contributed by atoms with van der Waals surface area (Å²) in [6.45, 7) is 3.88. The summed E-state index contributed by atoms with van der Waals surface area (Å²) in [5.41, 5.74) is 7.43. The maximum atomic E-state index is 13.1. The van der Waals surface area contributed by atoms with Gasteiger partial charge in [-0.3, -0.25) is 14.6 Å². The van der Waals surface area contributed by atoms with Crippen molar-refractivity contribution in [3.05, 3.63) is 98.6 Å². The lowest BCUT2D eigenvalue weighted by Crippen LogP contribution is -2.18. The summed E-state index contributed by atoms with van der Waals surface area (Å²) in [4.78, 5) is 33.5. The van der Waals surface area contributed by atoms with Crippen molar-refractivity contribution in [3.63, 3.8) is 0 Å². The van der Waals surface area contributed by atoms with Gasteiger partial charge < -0.3 is 14.1 Å². The van der Waals surface area contributed by atoms with Gasteiger partial charge in [0.15, 0.2) is 0 Å². The van der Waals surface area contributed by atoms with Crippen molar-refractivity contribution in [2.45, 2.75) is 13.8 Å². The predicted octanol–water partition coefficient (Wildman–Crippen LogP) is 4.45. The molecule has 0 aliphatic carbocycles. The van der Waals surface area contributed by atoms with E-state index in [9.17, 15) is 14.9 Å². The molecule has 172 valence electrons. The van der Waals surface area contributed by atoms with E-state index in [1.165, 1.54) is 9.13 Å². The highest BCUT2D eigenvalue weighted by Crippen LogP contribution is 2.36. The fraction of sp³-hybridized carbons (Fsp3) is 0.143. The van der Waals surface area contributed by atoms with Gasteiger partial charge in [0, 0.05) is 71.7 Å². The predicted molar refractivity (Wildman–Crippen MR) is 137 cm³/mol. The minimum atomic E-state index is -0.157. The summed E-state index contributed by atoms with van der Waals surface area (Å²) in [6.07, 6.45) is 3.56. The maximum absolute atomic E-state index is 13.1. The first-order chi connectivity index (χ1) is 16.7. The molecule has 0 saturated carbocycles. The Kier molecular flexibility index (Phi) is 5.22. The minimum Gasteiger partial charge on any atom is -0.350 e. The number of hydrogen-bond donors (Lipinski definition) is 1. The molecule has 7 heteroatoms. The van der Waals surface area contributed by atoms with E-state index in [1.807, 2.05) is 44.2 Å². The number of hydrogen-bond acceptors (Lipinski definition) is 4. The van der Waals surface area contributed by atoms with Crippen molar-refractivity contribution in [2.75, 3.05) is 0 Å². The monoisotopic (exact) mass is 461 g/mol. The van der Waals surface area contributed by atoms with E-state index >= 15 is 0 Å². The second kappa shape index (κ2) is 8.26. The van der Waals surface area contributed by atoms with Crippen LogP contribution in [0.1, 0.15) is 17.0 Å². The van der Waals surface area contributed by atoms with Crippen LogP contribution in [-0.2, 0) is 14.1 Å². The Balaban J connectivity index is 1.82. The molecule has 0 aliphatic rings. The first kappa shape index (κ1) is 22.1. The van der Waals surface area contributed by atoms with E-state index in [-0.39, 0.29) is 11.1 Å². The van der Waals surface area contributed by atoms with Crippen LogP contribution in [0.25, 0.3) is 44.4 Å². The van der Waals surface area contributed by atoms with Gasteiger partial charge >= 0.3 is 0 Å². The number of aromatic amines is 1. The summed E-state index contributed by atoms with van der Waals surface area (Å²) in [5.74, 6) is 0. The molecule has 1 N–H and O–H groups in total. The number of aromatic nitrogens is 4. The Morgan fingerprint density at radius 3 is 2.14 bits per heavy atom. The minimum absolute atomic E-state index is 0.152. The molecule has 1 aromatic carbocycles. The maximum Gasteiger partial charge on any atom is 0.274 e. The zero-order chi connectivity index (χ0) is 24.9. The molecule has 0 radical (unpaired) electrons. The largest absolute Gasteiger partial charge is 0.350 e. The fourth-order valence-electron chi connectivity index (χ4n) is 4.50. The van der Waals surface area contributed by atoms with Gasteiger partial charge in [-0.25, -0.2) is 0 Å². The number of benzene rings is 1. The molecule has 0 saturated heterocycles. The van der Waals surface area contributed by atoms with Crippen LogP contribution in [0, 0.1) is 25.2 Å². The molecular formula is C28H23N5O2. The van der Waals surface area contributed by atoms with E-state index in [4.69, 9.17) is 0 Å². The Bertz CT molecular complexity index is 1760. The van der Waals surface area contributed by atoms with Crippen LogP contribution in [-0.4, -0.2) is 19.1 Å². The molecule has 0 bridgehead atoms. The lowest BCUT2D eigenvalue weighted by atomic mass is 9.94. The topological polar surface area (TPSA) is 96.5 Å². The molecule has 0 unspecified atom stereocenters. The number of nitrogens with one attached hydrogen (secondary N) is 1. The van der Waals surface area contributed by atoms with Crippen molar-refractivity contribution in [2.24, 2.45) is 14.1 Å². The Labute approximate surface area is 201 Å². The van der Waals surface area contributed by atoms with E-state index in [0.717, 1.165) is 44.7 Å². The molecule has 5 rings (SSSR count). The van der Waals surface area contributed by atoms with Gasteiger partial charge in [0.05, 0.1) is 11.6 Å². The van der Waals surface area contributed by atoms with Crippen LogP contribution in [0.5, 0.6) is 0 Å². The van der Waals surface area contributed by atoms with Crippen LogP contribution >= 0.6 is 0 Å². The van der Waals surface area contributed by atoms with Crippen LogP contribution < -0.4 is 11.1 Å². The molecule has 4 aromatic heterocycles. The number of fused-ring (bicyclic) bond motifs is 1. The average Bonchev–Trinajstić information content (AvgIpc) is 3.28. The third-order valence-corrected chi connectivity index (χ3v) is 6.20. The highest BCUT2D eigenvalue weighted by Gasteiger charge is 2.18. The van der Waals surface area contributed by atoms with Crippen molar-refractivity contribution in [1.82, 2.24) is 19.1 Å². The first-order valence-electron chi connectivity index (χ1n) is 11.1. The number of H-pyrrole nitrogens is 1. The van der Waals surface area contributed by atoms with Gasteiger partial charge in [0.25, 0.3) is 11.1 Å². The summed E-state index contributed by atoms with van der Waals surface area (Å²) in [5, 5.41) is 9.92. The smallest absolute Gasteiger partial charge is 0.274 e. The van der Waals surface area contributed by atoms with E-state index in [0.29, 0.717) is 16.6 Å². The molecule has 0 aliphatic heterocycles. The zero-order valence-corrected chi connectivity index (χ0v) is 19.9. The summed E-state index contributed by atoms with van der Waals surface area (Å²) in [7, 11) is 3.41. The van der Waals surface area contributed by atoms with Gasteiger partial charge in [-0.05, 0) is 55.3 Å². The quantitative estimate of drug-likeness (QED) is 0.429. The van der Waals surface area contributed by atoms with Crippen LogP contribution in [0.15, 0.2) is 70.5 Å². The molecule has 0 atom stereocenters. The second-order valence-electron chi connectivity index (χ2n) is 8.81. The Hall–Kier alpha value is -4.70. The Morgan fingerprint density at radius 2 is 1.49 bits per heavy atom. The molecule has 5 aromatic rings. The van der Waals surface area contributed by atoms with Crippen LogP contribution in [0.3, 0.4) is 0 Å². The lowest BCUT2D eigenvalue weighted by Gasteiger charge is -2.14. The normalized spacial score (nSPS) is 11.1. The third kappa shape index (κ3) is 3.85. The molecule has 0 spiro atoms. The van der Waals surface area contributed by atoms with E-state index in [2.05, 4.69) is 16.0 Å². The number of nitriles is 1. The lowest BCUT2D eigenvalue weighted by molar-refractivity contribution is 0.860. The van der Waals surface area contributed by atoms with E-state index < -0.39 is 0 Å². The first-order valence-corrected chi connectivity index (χ1v) is 11.1.